The Morgan fingerprint density at radius 2 is 1.55 bits per heavy atom. The molecule has 0 bridgehead atoms. The van der Waals surface area contributed by atoms with Crippen LogP contribution in [0.1, 0.15) is 25.5 Å². The third kappa shape index (κ3) is 3.80. The van der Waals surface area contributed by atoms with Gasteiger partial charge in [0, 0.05) is 24.2 Å². The van der Waals surface area contributed by atoms with Crippen LogP contribution in [0.4, 0.5) is 5.82 Å². The summed E-state index contributed by atoms with van der Waals surface area (Å²) in [5, 5.41) is 0. The molecule has 1 aromatic heterocycles. The average Bonchev–Trinajstić information content (AvgIpc) is 3.30. The molecule has 0 spiro atoms. The summed E-state index contributed by atoms with van der Waals surface area (Å²) >= 11 is 0. The minimum absolute atomic E-state index is 0.605. The van der Waals surface area contributed by atoms with Crippen molar-refractivity contribution in [2.45, 2.75) is 26.7 Å². The van der Waals surface area contributed by atoms with E-state index >= 15 is 0 Å². The monoisotopic (exact) mass is 388 g/mol. The highest BCUT2D eigenvalue weighted by molar-refractivity contribution is 5.94. The van der Waals surface area contributed by atoms with E-state index in [4.69, 9.17) is 14.5 Å². The molecule has 0 radical (unpaired) electrons. The van der Waals surface area contributed by atoms with Crippen LogP contribution in [0.2, 0.25) is 0 Å². The van der Waals surface area contributed by atoms with Gasteiger partial charge in [0.1, 0.15) is 17.3 Å². The molecule has 29 heavy (non-hydrogen) atoms. The Balaban J connectivity index is 2.03. The van der Waals surface area contributed by atoms with Crippen molar-refractivity contribution < 1.29 is 9.47 Å². The molecule has 1 aliphatic rings. The molecule has 3 aromatic rings. The van der Waals surface area contributed by atoms with Crippen LogP contribution in [0.25, 0.3) is 22.3 Å². The van der Waals surface area contributed by atoms with Crippen molar-refractivity contribution in [2.24, 2.45) is 0 Å². The SMILES string of the molecule is CCOc1c(C)nc(N2CCCC2)c(-c2ccc(OC)cc2)c1-c1ccccc1. The summed E-state index contributed by atoms with van der Waals surface area (Å²) in [4.78, 5) is 7.46. The highest BCUT2D eigenvalue weighted by Gasteiger charge is 2.26. The van der Waals surface area contributed by atoms with Gasteiger partial charge in [0.25, 0.3) is 0 Å². The molecular formula is C25H28N2O2. The van der Waals surface area contributed by atoms with Gasteiger partial charge in [0.05, 0.1) is 19.4 Å². The molecule has 4 rings (SSSR count). The van der Waals surface area contributed by atoms with E-state index in [1.54, 1.807) is 7.11 Å². The lowest BCUT2D eigenvalue weighted by atomic mass is 9.93. The number of methoxy groups -OCH3 is 1. The molecule has 150 valence electrons. The van der Waals surface area contributed by atoms with E-state index in [2.05, 4.69) is 48.2 Å². The fourth-order valence-electron chi connectivity index (χ4n) is 4.06. The van der Waals surface area contributed by atoms with Gasteiger partial charge in [-0.2, -0.15) is 0 Å². The van der Waals surface area contributed by atoms with Crippen LogP contribution in [0.15, 0.2) is 54.6 Å². The molecule has 1 aliphatic heterocycles. The van der Waals surface area contributed by atoms with Crippen LogP contribution in [-0.2, 0) is 0 Å². The van der Waals surface area contributed by atoms with Gasteiger partial charge in [-0.1, -0.05) is 42.5 Å². The van der Waals surface area contributed by atoms with Crippen LogP contribution in [0, 0.1) is 6.92 Å². The molecule has 1 saturated heterocycles. The third-order valence-electron chi connectivity index (χ3n) is 5.44. The number of benzene rings is 2. The molecule has 2 heterocycles. The van der Waals surface area contributed by atoms with Gasteiger partial charge in [-0.15, -0.1) is 0 Å². The van der Waals surface area contributed by atoms with Crippen molar-refractivity contribution in [1.29, 1.82) is 0 Å². The normalized spacial score (nSPS) is 13.6. The second-order valence-corrected chi connectivity index (χ2v) is 7.32. The highest BCUT2D eigenvalue weighted by atomic mass is 16.5. The number of rotatable bonds is 6. The van der Waals surface area contributed by atoms with Gasteiger partial charge in [0.2, 0.25) is 0 Å². The molecule has 0 unspecified atom stereocenters. The second-order valence-electron chi connectivity index (χ2n) is 7.32. The van der Waals surface area contributed by atoms with Gasteiger partial charge in [-0.3, -0.25) is 0 Å². The fourth-order valence-corrected chi connectivity index (χ4v) is 4.06. The lowest BCUT2D eigenvalue weighted by Crippen LogP contribution is -2.21. The van der Waals surface area contributed by atoms with Crippen LogP contribution >= 0.6 is 0 Å². The maximum atomic E-state index is 6.14. The first-order chi connectivity index (χ1) is 14.2. The Bertz CT molecular complexity index is 962. The summed E-state index contributed by atoms with van der Waals surface area (Å²) in [5.41, 5.74) is 5.46. The zero-order chi connectivity index (χ0) is 20.2. The van der Waals surface area contributed by atoms with Crippen molar-refractivity contribution >= 4 is 5.82 Å². The first-order valence-corrected chi connectivity index (χ1v) is 10.3. The third-order valence-corrected chi connectivity index (χ3v) is 5.44. The Morgan fingerprint density at radius 1 is 0.897 bits per heavy atom. The van der Waals surface area contributed by atoms with Gasteiger partial charge in [-0.05, 0) is 49.9 Å². The number of nitrogens with zero attached hydrogens (tertiary/aromatic N) is 2. The van der Waals surface area contributed by atoms with Crippen molar-refractivity contribution in [3.05, 3.63) is 60.3 Å². The molecule has 1 fully saturated rings. The van der Waals surface area contributed by atoms with E-state index in [9.17, 15) is 0 Å². The van der Waals surface area contributed by atoms with E-state index in [1.165, 1.54) is 12.8 Å². The van der Waals surface area contributed by atoms with Crippen molar-refractivity contribution in [3.8, 4) is 33.8 Å². The van der Waals surface area contributed by atoms with E-state index in [-0.39, 0.29) is 0 Å². The smallest absolute Gasteiger partial charge is 0.149 e. The summed E-state index contributed by atoms with van der Waals surface area (Å²) in [7, 11) is 1.70. The zero-order valence-corrected chi connectivity index (χ0v) is 17.4. The molecule has 2 aromatic carbocycles. The molecule has 0 amide bonds. The van der Waals surface area contributed by atoms with Crippen LogP contribution in [0.3, 0.4) is 0 Å². The van der Waals surface area contributed by atoms with E-state index < -0.39 is 0 Å². The zero-order valence-electron chi connectivity index (χ0n) is 17.4. The minimum Gasteiger partial charge on any atom is -0.497 e. The largest absolute Gasteiger partial charge is 0.497 e. The predicted octanol–water partition coefficient (Wildman–Crippen LogP) is 5.73. The van der Waals surface area contributed by atoms with E-state index in [0.29, 0.717) is 6.61 Å². The Morgan fingerprint density at radius 3 is 2.17 bits per heavy atom. The number of anilines is 1. The number of aromatic nitrogens is 1. The van der Waals surface area contributed by atoms with Gasteiger partial charge >= 0.3 is 0 Å². The van der Waals surface area contributed by atoms with Crippen LogP contribution in [-0.4, -0.2) is 31.8 Å². The molecule has 0 N–H and O–H groups in total. The summed E-state index contributed by atoms with van der Waals surface area (Å²) < 4.78 is 11.5. The second kappa shape index (κ2) is 8.56. The highest BCUT2D eigenvalue weighted by Crippen LogP contribution is 2.46. The summed E-state index contributed by atoms with van der Waals surface area (Å²) in [6.07, 6.45) is 2.41. The summed E-state index contributed by atoms with van der Waals surface area (Å²) in [5.74, 6) is 2.77. The molecule has 4 nitrogen and oxygen atoms in total. The maximum Gasteiger partial charge on any atom is 0.149 e. The fraction of sp³-hybridized carbons (Fsp3) is 0.320. The minimum atomic E-state index is 0.605. The average molecular weight is 389 g/mol. The molecular weight excluding hydrogens is 360 g/mol. The topological polar surface area (TPSA) is 34.6 Å². The van der Waals surface area contributed by atoms with Gasteiger partial charge in [0.15, 0.2) is 0 Å². The van der Waals surface area contributed by atoms with Gasteiger partial charge < -0.3 is 14.4 Å². The van der Waals surface area contributed by atoms with E-state index in [1.807, 2.05) is 25.1 Å². The molecule has 0 atom stereocenters. The Hall–Kier alpha value is -3.01. The maximum absolute atomic E-state index is 6.14. The van der Waals surface area contributed by atoms with Crippen molar-refractivity contribution in [3.63, 3.8) is 0 Å². The first kappa shape index (κ1) is 19.3. The van der Waals surface area contributed by atoms with Gasteiger partial charge in [-0.25, -0.2) is 4.98 Å². The number of hydrogen-bond donors (Lipinski definition) is 0. The quantitative estimate of drug-likeness (QED) is 0.540. The summed E-state index contributed by atoms with van der Waals surface area (Å²) in [6, 6.07) is 18.8. The Labute approximate surface area is 173 Å². The number of hydrogen-bond acceptors (Lipinski definition) is 4. The first-order valence-electron chi connectivity index (χ1n) is 10.3. The van der Waals surface area contributed by atoms with Crippen LogP contribution < -0.4 is 14.4 Å². The lowest BCUT2D eigenvalue weighted by molar-refractivity contribution is 0.337. The lowest BCUT2D eigenvalue weighted by Gasteiger charge is -2.26. The number of aryl methyl sites for hydroxylation is 1. The molecule has 4 heteroatoms. The number of ether oxygens (including phenoxy) is 2. The van der Waals surface area contributed by atoms with Crippen LogP contribution in [0.5, 0.6) is 11.5 Å². The van der Waals surface area contributed by atoms with Crippen molar-refractivity contribution in [2.75, 3.05) is 31.7 Å². The standard InChI is InChI=1S/C25H28N2O2/c1-4-29-24-18(2)26-25(27-16-8-9-17-27)23(20-12-14-21(28-3)15-13-20)22(24)19-10-6-5-7-11-19/h5-7,10-15H,4,8-9,16-17H2,1-3H3. The molecule has 0 saturated carbocycles. The number of pyridine rings is 1. The van der Waals surface area contributed by atoms with Crippen molar-refractivity contribution in [1.82, 2.24) is 4.98 Å². The molecule has 0 aliphatic carbocycles. The predicted molar refractivity (Wildman–Crippen MR) is 119 cm³/mol. The summed E-state index contributed by atoms with van der Waals surface area (Å²) in [6.45, 7) is 6.76. The van der Waals surface area contributed by atoms with E-state index in [0.717, 1.165) is 58.4 Å². The Kier molecular flexibility index (Phi) is 5.70.